The SMILES string of the molecule is COc1cc(Br)c(CC(=O)NNC(=O)c2ccc(C)cc2)cc1OC. The van der Waals surface area contributed by atoms with E-state index < -0.39 is 0 Å². The minimum absolute atomic E-state index is 0.0646. The molecule has 132 valence electrons. The molecule has 0 fully saturated rings. The zero-order chi connectivity index (χ0) is 18.4. The van der Waals surface area contributed by atoms with Crippen LogP contribution in [0.5, 0.6) is 11.5 Å². The molecule has 2 amide bonds. The zero-order valence-electron chi connectivity index (χ0n) is 14.2. The molecule has 0 atom stereocenters. The molecule has 0 aliphatic rings. The van der Waals surface area contributed by atoms with E-state index in [1.54, 1.807) is 24.3 Å². The Morgan fingerprint density at radius 3 is 2.20 bits per heavy atom. The summed E-state index contributed by atoms with van der Waals surface area (Å²) in [5, 5.41) is 0. The molecular formula is C18H19BrN2O4. The number of hydrogen-bond donors (Lipinski definition) is 2. The fraction of sp³-hybridized carbons (Fsp3) is 0.222. The second kappa shape index (κ2) is 8.53. The minimum Gasteiger partial charge on any atom is -0.493 e. The monoisotopic (exact) mass is 406 g/mol. The van der Waals surface area contributed by atoms with E-state index in [0.717, 1.165) is 5.56 Å². The van der Waals surface area contributed by atoms with Crippen LogP contribution < -0.4 is 20.3 Å². The van der Waals surface area contributed by atoms with Crippen LogP contribution in [0.3, 0.4) is 0 Å². The summed E-state index contributed by atoms with van der Waals surface area (Å²) in [6.07, 6.45) is 0.0646. The van der Waals surface area contributed by atoms with E-state index in [-0.39, 0.29) is 18.2 Å². The van der Waals surface area contributed by atoms with Crippen molar-refractivity contribution in [1.82, 2.24) is 10.9 Å². The molecule has 0 bridgehead atoms. The summed E-state index contributed by atoms with van der Waals surface area (Å²) in [6, 6.07) is 10.5. The predicted molar refractivity (Wildman–Crippen MR) is 97.7 cm³/mol. The highest BCUT2D eigenvalue weighted by Gasteiger charge is 2.13. The molecule has 25 heavy (non-hydrogen) atoms. The summed E-state index contributed by atoms with van der Waals surface area (Å²) in [5.74, 6) is 0.358. The summed E-state index contributed by atoms with van der Waals surface area (Å²) < 4.78 is 11.1. The minimum atomic E-state index is -0.375. The number of carbonyl (C=O) groups is 2. The van der Waals surface area contributed by atoms with Crippen LogP contribution in [-0.2, 0) is 11.2 Å². The fourth-order valence-electron chi connectivity index (χ4n) is 2.15. The summed E-state index contributed by atoms with van der Waals surface area (Å²) in [5.41, 5.74) is 7.04. The molecule has 2 N–H and O–H groups in total. The number of halogens is 1. The van der Waals surface area contributed by atoms with Crippen LogP contribution in [0.1, 0.15) is 21.5 Å². The number of hydrazine groups is 1. The molecule has 0 saturated heterocycles. The van der Waals surface area contributed by atoms with Crippen LogP contribution in [0, 0.1) is 6.92 Å². The number of hydrogen-bond acceptors (Lipinski definition) is 4. The summed E-state index contributed by atoms with van der Waals surface area (Å²) in [7, 11) is 3.06. The van der Waals surface area contributed by atoms with Crippen molar-refractivity contribution in [2.24, 2.45) is 0 Å². The maximum Gasteiger partial charge on any atom is 0.269 e. The van der Waals surface area contributed by atoms with Gasteiger partial charge in [0.05, 0.1) is 20.6 Å². The normalized spacial score (nSPS) is 10.1. The Labute approximate surface area is 154 Å². The Bertz CT molecular complexity index is 775. The van der Waals surface area contributed by atoms with Gasteiger partial charge in [0.2, 0.25) is 5.91 Å². The number of ether oxygens (including phenoxy) is 2. The largest absolute Gasteiger partial charge is 0.493 e. The van der Waals surface area contributed by atoms with Crippen molar-refractivity contribution in [2.45, 2.75) is 13.3 Å². The van der Waals surface area contributed by atoms with Gasteiger partial charge in [-0.15, -0.1) is 0 Å². The van der Waals surface area contributed by atoms with Crippen molar-refractivity contribution in [2.75, 3.05) is 14.2 Å². The number of nitrogens with one attached hydrogen (secondary N) is 2. The first kappa shape index (κ1) is 18.8. The molecule has 0 unspecified atom stereocenters. The molecule has 0 heterocycles. The van der Waals surface area contributed by atoms with E-state index in [1.165, 1.54) is 14.2 Å². The summed E-state index contributed by atoms with van der Waals surface area (Å²) >= 11 is 3.40. The van der Waals surface area contributed by atoms with Crippen molar-refractivity contribution in [3.05, 3.63) is 57.6 Å². The van der Waals surface area contributed by atoms with E-state index in [2.05, 4.69) is 26.8 Å². The number of benzene rings is 2. The Kier molecular flexibility index (Phi) is 6.41. The lowest BCUT2D eigenvalue weighted by Gasteiger charge is -2.12. The Hall–Kier alpha value is -2.54. The van der Waals surface area contributed by atoms with Gasteiger partial charge in [0.15, 0.2) is 11.5 Å². The molecule has 0 aliphatic heterocycles. The van der Waals surface area contributed by atoms with Crippen molar-refractivity contribution >= 4 is 27.7 Å². The average molecular weight is 407 g/mol. The zero-order valence-corrected chi connectivity index (χ0v) is 15.8. The quantitative estimate of drug-likeness (QED) is 0.748. The molecular weight excluding hydrogens is 388 g/mol. The third-order valence-electron chi connectivity index (χ3n) is 3.53. The third kappa shape index (κ3) is 4.96. The van der Waals surface area contributed by atoms with Gasteiger partial charge in [0.25, 0.3) is 5.91 Å². The van der Waals surface area contributed by atoms with Crippen LogP contribution in [0.15, 0.2) is 40.9 Å². The third-order valence-corrected chi connectivity index (χ3v) is 4.27. The van der Waals surface area contributed by atoms with Crippen molar-refractivity contribution in [3.63, 3.8) is 0 Å². The van der Waals surface area contributed by atoms with Crippen LogP contribution >= 0.6 is 15.9 Å². The molecule has 6 nitrogen and oxygen atoms in total. The smallest absolute Gasteiger partial charge is 0.269 e. The van der Waals surface area contributed by atoms with E-state index >= 15 is 0 Å². The molecule has 2 rings (SSSR count). The van der Waals surface area contributed by atoms with Crippen LogP contribution in [0.2, 0.25) is 0 Å². The molecule has 0 spiro atoms. The van der Waals surface area contributed by atoms with Crippen molar-refractivity contribution in [3.8, 4) is 11.5 Å². The van der Waals surface area contributed by atoms with Crippen LogP contribution in [-0.4, -0.2) is 26.0 Å². The Morgan fingerprint density at radius 2 is 1.60 bits per heavy atom. The first-order valence-corrected chi connectivity index (χ1v) is 8.30. The lowest BCUT2D eigenvalue weighted by Crippen LogP contribution is -2.42. The lowest BCUT2D eigenvalue weighted by atomic mass is 10.1. The maximum absolute atomic E-state index is 12.1. The Morgan fingerprint density at radius 1 is 1.00 bits per heavy atom. The molecule has 0 aliphatic carbocycles. The van der Waals surface area contributed by atoms with Gasteiger partial charge in [-0.25, -0.2) is 0 Å². The van der Waals surface area contributed by atoms with Gasteiger partial charge in [0, 0.05) is 10.0 Å². The molecule has 7 heteroatoms. The van der Waals surface area contributed by atoms with Gasteiger partial charge in [-0.3, -0.25) is 20.4 Å². The highest BCUT2D eigenvalue weighted by atomic mass is 79.9. The second-order valence-corrected chi connectivity index (χ2v) is 6.20. The van der Waals surface area contributed by atoms with Gasteiger partial charge in [0.1, 0.15) is 0 Å². The topological polar surface area (TPSA) is 76.7 Å². The van der Waals surface area contributed by atoms with Crippen LogP contribution in [0.4, 0.5) is 0 Å². The van der Waals surface area contributed by atoms with Crippen molar-refractivity contribution < 1.29 is 19.1 Å². The lowest BCUT2D eigenvalue weighted by molar-refractivity contribution is -0.121. The molecule has 0 radical (unpaired) electrons. The molecule has 2 aromatic rings. The van der Waals surface area contributed by atoms with Gasteiger partial charge in [-0.1, -0.05) is 33.6 Å². The van der Waals surface area contributed by atoms with Gasteiger partial charge in [-0.05, 0) is 36.8 Å². The highest BCUT2D eigenvalue weighted by Crippen LogP contribution is 2.33. The molecule has 0 saturated carbocycles. The van der Waals surface area contributed by atoms with E-state index in [1.807, 2.05) is 19.1 Å². The Balaban J connectivity index is 1.98. The van der Waals surface area contributed by atoms with Gasteiger partial charge >= 0.3 is 0 Å². The maximum atomic E-state index is 12.1. The number of rotatable bonds is 5. The number of carbonyl (C=O) groups excluding carboxylic acids is 2. The van der Waals surface area contributed by atoms with E-state index in [4.69, 9.17) is 9.47 Å². The van der Waals surface area contributed by atoms with Crippen molar-refractivity contribution in [1.29, 1.82) is 0 Å². The fourth-order valence-corrected chi connectivity index (χ4v) is 2.62. The van der Waals surface area contributed by atoms with E-state index in [0.29, 0.717) is 27.1 Å². The molecule has 0 aromatic heterocycles. The number of aryl methyl sites for hydroxylation is 1. The summed E-state index contributed by atoms with van der Waals surface area (Å²) in [6.45, 7) is 1.93. The first-order chi connectivity index (χ1) is 11.9. The molecule has 2 aromatic carbocycles. The second-order valence-electron chi connectivity index (χ2n) is 5.34. The van der Waals surface area contributed by atoms with Gasteiger partial charge in [-0.2, -0.15) is 0 Å². The number of amides is 2. The van der Waals surface area contributed by atoms with E-state index in [9.17, 15) is 9.59 Å². The summed E-state index contributed by atoms with van der Waals surface area (Å²) in [4.78, 5) is 24.1. The predicted octanol–water partition coefficient (Wildman–Crippen LogP) is 2.78. The van der Waals surface area contributed by atoms with Crippen LogP contribution in [0.25, 0.3) is 0 Å². The van der Waals surface area contributed by atoms with Gasteiger partial charge < -0.3 is 9.47 Å². The first-order valence-electron chi connectivity index (χ1n) is 7.51. The number of methoxy groups -OCH3 is 2. The standard InChI is InChI=1S/C18H19BrN2O4/c1-11-4-6-12(7-5-11)18(23)21-20-17(22)9-13-8-15(24-2)16(25-3)10-14(13)19/h4-8,10H,9H2,1-3H3,(H,20,22)(H,21,23). The highest BCUT2D eigenvalue weighted by molar-refractivity contribution is 9.10. The average Bonchev–Trinajstić information content (AvgIpc) is 2.61.